The monoisotopic (exact) mass is 467 g/mol. The number of amides is 1. The van der Waals surface area contributed by atoms with E-state index in [-0.39, 0.29) is 11.7 Å². The molecular formula is C19H26BrN5O4. The Labute approximate surface area is 177 Å². The molecule has 0 radical (unpaired) electrons. The summed E-state index contributed by atoms with van der Waals surface area (Å²) >= 11 is 3.49. The molecule has 10 heteroatoms. The molecule has 1 aliphatic rings. The molecule has 29 heavy (non-hydrogen) atoms. The van der Waals surface area contributed by atoms with Gasteiger partial charge in [0.1, 0.15) is 10.2 Å². The molecular weight excluding hydrogens is 442 g/mol. The van der Waals surface area contributed by atoms with Gasteiger partial charge in [0.05, 0.1) is 13.3 Å². The van der Waals surface area contributed by atoms with Crippen molar-refractivity contribution in [2.24, 2.45) is 0 Å². The largest absolute Gasteiger partial charge is 0.464 e. The number of nitrogens with zero attached hydrogens (tertiary/aromatic N) is 4. The molecule has 2 aromatic heterocycles. The predicted octanol–water partition coefficient (Wildman–Crippen LogP) is 2.77. The van der Waals surface area contributed by atoms with Gasteiger partial charge in [0, 0.05) is 24.8 Å². The summed E-state index contributed by atoms with van der Waals surface area (Å²) in [6.45, 7) is 7.67. The summed E-state index contributed by atoms with van der Waals surface area (Å²) in [5.74, 6) is -0.0776. The fourth-order valence-electron chi connectivity index (χ4n) is 3.37. The maximum absolute atomic E-state index is 12.1. The average Bonchev–Trinajstić information content (AvgIpc) is 3.01. The molecule has 9 nitrogen and oxygen atoms in total. The van der Waals surface area contributed by atoms with Gasteiger partial charge in [0.25, 0.3) is 0 Å². The Morgan fingerprint density at radius 3 is 2.83 bits per heavy atom. The van der Waals surface area contributed by atoms with Crippen molar-refractivity contribution in [3.63, 3.8) is 0 Å². The Hall–Kier alpha value is -2.20. The van der Waals surface area contributed by atoms with Crippen LogP contribution in [0.25, 0.3) is 5.78 Å². The van der Waals surface area contributed by atoms with Crippen molar-refractivity contribution in [1.29, 1.82) is 0 Å². The number of piperidine rings is 1. The molecule has 0 aliphatic carbocycles. The molecule has 1 aliphatic heterocycles. The van der Waals surface area contributed by atoms with Crippen LogP contribution in [0.15, 0.2) is 16.9 Å². The summed E-state index contributed by atoms with van der Waals surface area (Å²) in [5, 5.41) is 2.96. The van der Waals surface area contributed by atoms with Crippen LogP contribution in [0.5, 0.6) is 0 Å². The van der Waals surface area contributed by atoms with Gasteiger partial charge in [-0.1, -0.05) is 0 Å². The Balaban J connectivity index is 1.75. The van der Waals surface area contributed by atoms with E-state index in [0.29, 0.717) is 18.9 Å². The molecule has 3 rings (SSSR count). The van der Waals surface area contributed by atoms with Crippen molar-refractivity contribution >= 4 is 33.8 Å². The fraction of sp³-hybridized carbons (Fsp3) is 0.579. The highest BCUT2D eigenvalue weighted by Crippen LogP contribution is 2.20. The van der Waals surface area contributed by atoms with Crippen LogP contribution < -0.4 is 5.32 Å². The number of rotatable bonds is 4. The van der Waals surface area contributed by atoms with Gasteiger partial charge >= 0.3 is 12.1 Å². The lowest BCUT2D eigenvalue weighted by Gasteiger charge is -2.33. The van der Waals surface area contributed by atoms with Gasteiger partial charge in [-0.15, -0.1) is 0 Å². The molecule has 2 aromatic rings. The van der Waals surface area contributed by atoms with E-state index in [0.717, 1.165) is 29.7 Å². The number of ether oxygens (including phenoxy) is 2. The quantitative estimate of drug-likeness (QED) is 0.690. The molecule has 1 fully saturated rings. The number of hydrogen-bond donors (Lipinski definition) is 1. The maximum atomic E-state index is 12.1. The lowest BCUT2D eigenvalue weighted by Crippen LogP contribution is -2.48. The lowest BCUT2D eigenvalue weighted by atomic mass is 10.1. The number of carbonyl (C=O) groups excluding carboxylic acids is 2. The number of alkyl carbamates (subject to hydrolysis) is 1. The van der Waals surface area contributed by atoms with Crippen LogP contribution in [-0.2, 0) is 16.0 Å². The highest BCUT2D eigenvalue weighted by atomic mass is 79.9. The smallest absolute Gasteiger partial charge is 0.407 e. The molecule has 1 saturated heterocycles. The van der Waals surface area contributed by atoms with Crippen LogP contribution in [0, 0.1) is 0 Å². The van der Waals surface area contributed by atoms with Gasteiger partial charge in [-0.3, -0.25) is 9.30 Å². The van der Waals surface area contributed by atoms with Crippen LogP contribution in [-0.4, -0.2) is 63.2 Å². The van der Waals surface area contributed by atoms with Crippen LogP contribution >= 0.6 is 15.9 Å². The number of halogens is 1. The highest BCUT2D eigenvalue weighted by molar-refractivity contribution is 9.10. The average molecular weight is 468 g/mol. The minimum absolute atomic E-state index is 0.00207. The summed E-state index contributed by atoms with van der Waals surface area (Å²) in [4.78, 5) is 34.8. The van der Waals surface area contributed by atoms with Crippen LogP contribution in [0.1, 0.15) is 49.8 Å². The number of carbonyl (C=O) groups is 2. The molecule has 0 unspecified atom stereocenters. The van der Waals surface area contributed by atoms with E-state index in [1.165, 1.54) is 7.11 Å². The topological polar surface area (TPSA) is 98.1 Å². The minimum atomic E-state index is -0.529. The third-order valence-corrected chi connectivity index (χ3v) is 5.08. The number of aromatic nitrogens is 3. The zero-order chi connectivity index (χ0) is 21.2. The first-order valence-corrected chi connectivity index (χ1v) is 10.3. The van der Waals surface area contributed by atoms with Gasteiger partial charge in [-0.2, -0.15) is 0 Å². The van der Waals surface area contributed by atoms with E-state index in [2.05, 4.69) is 36.1 Å². The Morgan fingerprint density at radius 2 is 2.14 bits per heavy atom. The number of methoxy groups -OCH3 is 1. The number of nitrogens with one attached hydrogen (secondary N) is 1. The van der Waals surface area contributed by atoms with E-state index >= 15 is 0 Å². The van der Waals surface area contributed by atoms with Crippen molar-refractivity contribution in [1.82, 2.24) is 24.6 Å². The first-order chi connectivity index (χ1) is 13.7. The van der Waals surface area contributed by atoms with Crippen molar-refractivity contribution in [3.8, 4) is 0 Å². The van der Waals surface area contributed by atoms with Crippen LogP contribution in [0.3, 0.4) is 0 Å². The second-order valence-electron chi connectivity index (χ2n) is 8.06. The molecule has 0 saturated carbocycles. The van der Waals surface area contributed by atoms with Crippen LogP contribution in [0.2, 0.25) is 0 Å². The number of imidazole rings is 1. The summed E-state index contributed by atoms with van der Waals surface area (Å²) < 4.78 is 12.8. The molecule has 158 valence electrons. The molecule has 3 heterocycles. The standard InChI is InChI=1S/C19H26BrN5O4/c1-19(2,3)29-18(27)22-12-6-5-7-24(10-12)11-13-8-14(16(26)28-4)23-17-21-9-15(20)25(13)17/h8-9,12H,5-7,10-11H2,1-4H3,(H,22,27)/t12-/m1/s1. The summed E-state index contributed by atoms with van der Waals surface area (Å²) in [7, 11) is 1.33. The van der Waals surface area contributed by atoms with Gasteiger partial charge in [-0.05, 0) is 62.2 Å². The fourth-order valence-corrected chi connectivity index (χ4v) is 3.86. The van der Waals surface area contributed by atoms with E-state index < -0.39 is 17.7 Å². The van der Waals surface area contributed by atoms with Crippen LogP contribution in [0.4, 0.5) is 4.79 Å². The van der Waals surface area contributed by atoms with Crippen molar-refractivity contribution in [2.75, 3.05) is 20.2 Å². The SMILES string of the molecule is COC(=O)c1cc(CN2CCC[C@@H](NC(=O)OC(C)(C)C)C2)n2c(Br)cnc2n1. The van der Waals surface area contributed by atoms with Gasteiger partial charge in [0.15, 0.2) is 5.69 Å². The van der Waals surface area contributed by atoms with Gasteiger partial charge in [-0.25, -0.2) is 19.6 Å². The minimum Gasteiger partial charge on any atom is -0.464 e. The Bertz CT molecular complexity index is 908. The second-order valence-corrected chi connectivity index (χ2v) is 8.87. The Kier molecular flexibility index (Phi) is 6.42. The number of hydrogen-bond acceptors (Lipinski definition) is 7. The molecule has 0 bridgehead atoms. The second kappa shape index (κ2) is 8.66. The highest BCUT2D eigenvalue weighted by Gasteiger charge is 2.25. The molecule has 1 N–H and O–H groups in total. The molecule has 1 amide bonds. The van der Waals surface area contributed by atoms with Crippen molar-refractivity contribution in [3.05, 3.63) is 28.3 Å². The van der Waals surface area contributed by atoms with Crippen molar-refractivity contribution in [2.45, 2.75) is 51.8 Å². The molecule has 1 atom stereocenters. The van der Waals surface area contributed by atoms with Gasteiger partial charge < -0.3 is 14.8 Å². The van der Waals surface area contributed by atoms with E-state index in [4.69, 9.17) is 9.47 Å². The first-order valence-electron chi connectivity index (χ1n) is 9.49. The molecule has 0 spiro atoms. The Morgan fingerprint density at radius 1 is 1.38 bits per heavy atom. The zero-order valence-electron chi connectivity index (χ0n) is 17.1. The third-order valence-electron chi connectivity index (χ3n) is 4.52. The lowest BCUT2D eigenvalue weighted by molar-refractivity contribution is 0.0468. The van der Waals surface area contributed by atoms with E-state index in [9.17, 15) is 9.59 Å². The van der Waals surface area contributed by atoms with E-state index in [1.54, 1.807) is 12.3 Å². The number of esters is 1. The first kappa shape index (κ1) is 21.5. The summed E-state index contributed by atoms with van der Waals surface area (Å²) in [5.41, 5.74) is 0.547. The van der Waals surface area contributed by atoms with Gasteiger partial charge in [0.2, 0.25) is 5.78 Å². The molecule has 0 aromatic carbocycles. The van der Waals surface area contributed by atoms with Crippen molar-refractivity contribution < 1.29 is 19.1 Å². The number of fused-ring (bicyclic) bond motifs is 1. The zero-order valence-corrected chi connectivity index (χ0v) is 18.7. The predicted molar refractivity (Wildman–Crippen MR) is 110 cm³/mol. The van der Waals surface area contributed by atoms with E-state index in [1.807, 2.05) is 25.2 Å². The summed E-state index contributed by atoms with van der Waals surface area (Å²) in [6, 6.07) is 1.72. The third kappa shape index (κ3) is 5.45. The maximum Gasteiger partial charge on any atom is 0.407 e. The summed E-state index contributed by atoms with van der Waals surface area (Å²) in [6.07, 6.45) is 3.09. The normalized spacial score (nSPS) is 17.9. The number of likely N-dealkylation sites (tertiary alicyclic amines) is 1.